The first-order valence-electron chi connectivity index (χ1n) is 15.3. The van der Waals surface area contributed by atoms with Gasteiger partial charge < -0.3 is 9.74 Å². The molecule has 2 aliphatic heterocycles. The van der Waals surface area contributed by atoms with Crippen LogP contribution >= 0.6 is 23.5 Å². The maximum atomic E-state index is 12.2. The summed E-state index contributed by atoms with van der Waals surface area (Å²) in [5.41, 5.74) is 6.54. The van der Waals surface area contributed by atoms with E-state index in [-0.39, 0.29) is 25.0 Å². The van der Waals surface area contributed by atoms with Crippen LogP contribution in [0.25, 0.3) is 5.57 Å². The minimum atomic E-state index is -4.00. The van der Waals surface area contributed by atoms with Crippen LogP contribution in [0.4, 0.5) is 17.1 Å². The Morgan fingerprint density at radius 3 is 1.87 bits per heavy atom. The van der Waals surface area contributed by atoms with Gasteiger partial charge in [-0.1, -0.05) is 61.0 Å². The van der Waals surface area contributed by atoms with Crippen LogP contribution in [0.3, 0.4) is 0 Å². The minimum Gasteiger partial charge on any atom is -0.330 e. The van der Waals surface area contributed by atoms with Gasteiger partial charge in [-0.3, -0.25) is 14.1 Å². The fraction of sp³-hybridized carbons (Fsp3) is 0.324. The minimum absolute atomic E-state index is 0.0684. The van der Waals surface area contributed by atoms with E-state index < -0.39 is 27.9 Å². The van der Waals surface area contributed by atoms with Crippen molar-refractivity contribution in [2.75, 3.05) is 22.2 Å². The molecule has 2 heterocycles. The van der Waals surface area contributed by atoms with Crippen molar-refractivity contribution in [2.45, 2.75) is 51.4 Å². The Labute approximate surface area is 278 Å². The molecule has 9 nitrogen and oxygen atoms in total. The molecule has 0 aromatic heterocycles. The highest BCUT2D eigenvalue weighted by Gasteiger charge is 2.33. The summed E-state index contributed by atoms with van der Waals surface area (Å²) in [5.74, 6) is -0.326. The molecule has 1 fully saturated rings. The van der Waals surface area contributed by atoms with Gasteiger partial charge in [0.15, 0.2) is 0 Å². The van der Waals surface area contributed by atoms with Crippen LogP contribution in [-0.4, -0.2) is 53.1 Å². The van der Waals surface area contributed by atoms with Gasteiger partial charge in [0.05, 0.1) is 17.1 Å². The number of rotatable bonds is 15. The van der Waals surface area contributed by atoms with Crippen LogP contribution in [0.5, 0.6) is 0 Å². The third-order valence-corrected chi connectivity index (χ3v) is 11.0. The number of thioether (sulfide) groups is 2. The monoisotopic (exact) mass is 680 g/mol. The van der Waals surface area contributed by atoms with E-state index in [1.165, 1.54) is 0 Å². The molecule has 0 saturated carbocycles. The number of imide groups is 1. The average molecular weight is 681 g/mol. The van der Waals surface area contributed by atoms with Crippen molar-refractivity contribution in [3.05, 3.63) is 94.2 Å². The molecule has 0 spiro atoms. The second kappa shape index (κ2) is 15.8. The van der Waals surface area contributed by atoms with E-state index in [4.69, 9.17) is 9.39 Å². The lowest BCUT2D eigenvalue weighted by molar-refractivity contribution is -0.197. The van der Waals surface area contributed by atoms with E-state index in [9.17, 15) is 22.8 Å². The number of hydroxylamine groups is 2. The molecule has 1 N–H and O–H groups in total. The van der Waals surface area contributed by atoms with Gasteiger partial charge in [0, 0.05) is 45.9 Å². The van der Waals surface area contributed by atoms with Crippen LogP contribution in [0.2, 0.25) is 0 Å². The highest BCUT2D eigenvalue weighted by molar-refractivity contribution is 8.22. The lowest BCUT2D eigenvalue weighted by Crippen LogP contribution is -2.31. The smallest absolute Gasteiger partial charge is 0.330 e. The number of carbonyl (C=O) groups is 3. The highest BCUT2D eigenvalue weighted by atomic mass is 32.2. The van der Waals surface area contributed by atoms with E-state index in [0.717, 1.165) is 56.6 Å². The molecule has 5 rings (SSSR count). The summed E-state index contributed by atoms with van der Waals surface area (Å²) in [6.07, 6.45) is 3.43. The van der Waals surface area contributed by atoms with Gasteiger partial charge in [0.1, 0.15) is 0 Å². The summed E-state index contributed by atoms with van der Waals surface area (Å²) in [6.45, 7) is 0. The Bertz CT molecular complexity index is 1640. The molecule has 2 amide bonds. The number of amides is 2. The fourth-order valence-electron chi connectivity index (χ4n) is 5.37. The largest absolute Gasteiger partial charge is 0.333 e. The first kappa shape index (κ1) is 33.8. The van der Waals surface area contributed by atoms with Gasteiger partial charge in [0.25, 0.3) is 21.9 Å². The number of anilines is 3. The summed E-state index contributed by atoms with van der Waals surface area (Å²) in [4.78, 5) is 42.9. The molecule has 3 aromatic rings. The Morgan fingerprint density at radius 1 is 0.739 bits per heavy atom. The normalized spacial score (nSPS) is 14.3. The molecule has 0 aliphatic carbocycles. The van der Waals surface area contributed by atoms with Crippen LogP contribution < -0.4 is 4.90 Å². The second-order valence-electron chi connectivity index (χ2n) is 10.9. The SMILES string of the molecule is O=C(CCCCCSC(SCCCCS(=O)(=O)O)=C1c2ccccc2N(c2ccccc2)c2ccccc21)ON1C(=O)CCC1=O. The standard InChI is InChI=1S/C34H36N2O7S3/c37-30-20-21-31(38)36(30)43-32(39)19-5-2-10-22-44-34(45-23-11-12-24-46(40,41)42)33-26-15-6-8-17-28(26)35(25-13-3-1-4-14-25)29-18-9-7-16-27(29)33/h1,3-4,6-9,13-18H,2,5,10-12,19-24H2,(H,40,41,42). The molecule has 0 unspecified atom stereocenters. The second-order valence-corrected chi connectivity index (χ2v) is 15.0. The van der Waals surface area contributed by atoms with Gasteiger partial charge in [0.2, 0.25) is 0 Å². The van der Waals surface area contributed by atoms with Crippen molar-refractivity contribution in [3.63, 3.8) is 0 Å². The summed E-state index contributed by atoms with van der Waals surface area (Å²) >= 11 is 3.44. The predicted octanol–water partition coefficient (Wildman–Crippen LogP) is 7.49. The van der Waals surface area contributed by atoms with Gasteiger partial charge in [-0.25, -0.2) is 4.79 Å². The lowest BCUT2D eigenvalue weighted by atomic mass is 9.91. The predicted molar refractivity (Wildman–Crippen MR) is 183 cm³/mol. The first-order chi connectivity index (χ1) is 22.2. The van der Waals surface area contributed by atoms with E-state index in [1.54, 1.807) is 23.5 Å². The van der Waals surface area contributed by atoms with Crippen molar-refractivity contribution in [1.82, 2.24) is 5.06 Å². The zero-order chi connectivity index (χ0) is 32.5. The van der Waals surface area contributed by atoms with E-state index in [0.29, 0.717) is 30.1 Å². The summed E-state index contributed by atoms with van der Waals surface area (Å²) in [7, 11) is -4.00. The molecule has 0 atom stereocenters. The van der Waals surface area contributed by atoms with Crippen molar-refractivity contribution < 1.29 is 32.2 Å². The number of hydrogen-bond acceptors (Lipinski definition) is 9. The molecule has 12 heteroatoms. The maximum Gasteiger partial charge on any atom is 0.333 e. The van der Waals surface area contributed by atoms with Gasteiger partial charge in [-0.05, 0) is 61.5 Å². The van der Waals surface area contributed by atoms with Crippen LogP contribution in [0, 0.1) is 0 Å². The van der Waals surface area contributed by atoms with E-state index in [1.807, 2.05) is 42.5 Å². The Kier molecular flexibility index (Phi) is 11.6. The molecule has 0 radical (unpaired) electrons. The third kappa shape index (κ3) is 8.61. The van der Waals surface area contributed by atoms with Crippen LogP contribution in [0.1, 0.15) is 62.5 Å². The summed E-state index contributed by atoms with van der Waals surface area (Å²) in [6, 6.07) is 26.9. The maximum absolute atomic E-state index is 12.2. The van der Waals surface area contributed by atoms with Crippen LogP contribution in [0.15, 0.2) is 83.1 Å². The number of benzene rings is 3. The molecule has 0 bridgehead atoms. The molecular weight excluding hydrogens is 645 g/mol. The summed E-state index contributed by atoms with van der Waals surface area (Å²) < 4.78 is 32.8. The van der Waals surface area contributed by atoms with Gasteiger partial charge in [-0.2, -0.15) is 8.42 Å². The molecular formula is C34H36N2O7S3. The lowest BCUT2D eigenvalue weighted by Gasteiger charge is -2.35. The fourth-order valence-corrected chi connectivity index (χ4v) is 8.56. The highest BCUT2D eigenvalue weighted by Crippen LogP contribution is 2.52. The number of unbranched alkanes of at least 4 members (excludes halogenated alkanes) is 3. The van der Waals surface area contributed by atoms with Crippen molar-refractivity contribution in [3.8, 4) is 0 Å². The number of fused-ring (bicyclic) bond motifs is 2. The van der Waals surface area contributed by atoms with Crippen molar-refractivity contribution >= 4 is 74.1 Å². The average Bonchev–Trinajstić information content (AvgIpc) is 3.36. The third-order valence-electron chi connectivity index (χ3n) is 7.53. The molecule has 46 heavy (non-hydrogen) atoms. The van der Waals surface area contributed by atoms with Crippen molar-refractivity contribution in [2.24, 2.45) is 0 Å². The molecule has 242 valence electrons. The van der Waals surface area contributed by atoms with Crippen molar-refractivity contribution in [1.29, 1.82) is 0 Å². The van der Waals surface area contributed by atoms with Gasteiger partial charge in [-0.15, -0.1) is 28.6 Å². The zero-order valence-electron chi connectivity index (χ0n) is 25.3. The number of nitrogens with zero attached hydrogens (tertiary/aromatic N) is 2. The topological polar surface area (TPSA) is 121 Å². The molecule has 3 aromatic carbocycles. The Balaban J connectivity index is 1.33. The van der Waals surface area contributed by atoms with Gasteiger partial charge >= 0.3 is 5.97 Å². The number of carbonyl (C=O) groups excluding carboxylic acids is 3. The molecule has 2 aliphatic rings. The van der Waals surface area contributed by atoms with E-state index >= 15 is 0 Å². The Hall–Kier alpha value is -3.58. The zero-order valence-corrected chi connectivity index (χ0v) is 27.7. The Morgan fingerprint density at radius 2 is 1.28 bits per heavy atom. The number of hydrogen-bond donors (Lipinski definition) is 1. The quantitative estimate of drug-likeness (QED) is 0.0768. The molecule has 1 saturated heterocycles. The number of para-hydroxylation sites is 3. The first-order valence-corrected chi connectivity index (χ1v) is 18.9. The van der Waals surface area contributed by atoms with E-state index in [2.05, 4.69) is 41.3 Å². The van der Waals surface area contributed by atoms with Crippen LogP contribution in [-0.2, 0) is 29.3 Å². The summed E-state index contributed by atoms with van der Waals surface area (Å²) in [5, 5.41) is 0.586.